The van der Waals surface area contributed by atoms with Gasteiger partial charge in [0.2, 0.25) is 0 Å². The number of benzene rings is 5. The lowest BCUT2D eigenvalue weighted by atomic mass is 9.92. The van der Waals surface area contributed by atoms with Gasteiger partial charge in [-0.1, -0.05) is 97.1 Å². The van der Waals surface area contributed by atoms with Crippen LogP contribution >= 0.6 is 0 Å². The second-order valence-corrected chi connectivity index (χ2v) is 11.8. The molecule has 0 amide bonds. The number of aromatic nitrogens is 6. The molecular weight excluding hydrogens is 601 g/mol. The molecule has 0 bridgehead atoms. The van der Waals surface area contributed by atoms with Crippen LogP contribution in [-0.4, -0.2) is 29.5 Å². The highest BCUT2D eigenvalue weighted by atomic mass is 15.0. The molecule has 9 aromatic rings. The maximum absolute atomic E-state index is 5.08. The molecular formula is C43H28N6. The molecule has 4 aromatic heterocycles. The highest BCUT2D eigenvalue weighted by Crippen LogP contribution is 2.43. The van der Waals surface area contributed by atoms with Gasteiger partial charge in [-0.2, -0.15) is 0 Å². The maximum atomic E-state index is 5.08. The summed E-state index contributed by atoms with van der Waals surface area (Å²) in [4.78, 5) is 23.6. The van der Waals surface area contributed by atoms with Crippen molar-refractivity contribution in [2.45, 2.75) is 0 Å². The third-order valence-corrected chi connectivity index (χ3v) is 8.84. The normalized spacial score (nSPS) is 11.3. The first-order chi connectivity index (χ1) is 24.3. The van der Waals surface area contributed by atoms with E-state index in [9.17, 15) is 0 Å². The Morgan fingerprint density at radius 2 is 0.857 bits per heavy atom. The minimum atomic E-state index is 0.555. The zero-order valence-electron chi connectivity index (χ0n) is 26.3. The third-order valence-electron chi connectivity index (χ3n) is 8.84. The molecule has 9 rings (SSSR count). The second kappa shape index (κ2) is 12.1. The van der Waals surface area contributed by atoms with Gasteiger partial charge in [0.05, 0.1) is 16.7 Å². The summed E-state index contributed by atoms with van der Waals surface area (Å²) in [5.74, 6) is 1.70. The molecule has 0 aliphatic rings. The number of fused-ring (bicyclic) bond motifs is 3. The van der Waals surface area contributed by atoms with Crippen LogP contribution in [0.4, 0.5) is 0 Å². The topological polar surface area (TPSA) is 69.4 Å². The minimum Gasteiger partial charge on any atom is -0.308 e. The zero-order chi connectivity index (χ0) is 32.6. The van der Waals surface area contributed by atoms with Gasteiger partial charge in [0.25, 0.3) is 0 Å². The quantitative estimate of drug-likeness (QED) is 0.183. The zero-order valence-corrected chi connectivity index (χ0v) is 26.3. The van der Waals surface area contributed by atoms with Gasteiger partial charge in [0, 0.05) is 63.4 Å². The molecule has 0 saturated heterocycles. The Morgan fingerprint density at radius 1 is 0.367 bits per heavy atom. The van der Waals surface area contributed by atoms with E-state index in [1.165, 1.54) is 10.8 Å². The Bertz CT molecular complexity index is 2410. The Balaban J connectivity index is 1.40. The summed E-state index contributed by atoms with van der Waals surface area (Å²) >= 11 is 0. The van der Waals surface area contributed by atoms with Crippen LogP contribution in [-0.2, 0) is 0 Å². The molecule has 0 N–H and O–H groups in total. The lowest BCUT2D eigenvalue weighted by Gasteiger charge is -2.21. The Kier molecular flexibility index (Phi) is 7.02. The molecule has 0 unspecified atom stereocenters. The average Bonchev–Trinajstić information content (AvgIpc) is 3.52. The monoisotopic (exact) mass is 628 g/mol. The Morgan fingerprint density at radius 3 is 1.41 bits per heavy atom. The fourth-order valence-corrected chi connectivity index (χ4v) is 6.60. The van der Waals surface area contributed by atoms with Crippen molar-refractivity contribution in [2.24, 2.45) is 0 Å². The SMILES string of the molecule is c1ccc(-c2cc(-c3nc(-c4ccncc4)nc(-c4cccnc4)n3)cc(-c3ccccc3)c2-n2c3ccccc3c3ccccc32)cc1. The van der Waals surface area contributed by atoms with Crippen molar-refractivity contribution < 1.29 is 0 Å². The molecule has 4 heterocycles. The van der Waals surface area contributed by atoms with Gasteiger partial charge in [-0.05, 0) is 59.7 Å². The number of hydrogen-bond donors (Lipinski definition) is 0. The predicted molar refractivity (Wildman–Crippen MR) is 197 cm³/mol. The van der Waals surface area contributed by atoms with Gasteiger partial charge in [0.1, 0.15) is 0 Å². The highest BCUT2D eigenvalue weighted by molar-refractivity contribution is 6.10. The molecule has 6 heteroatoms. The lowest BCUT2D eigenvalue weighted by molar-refractivity contribution is 1.07. The number of rotatable bonds is 6. The van der Waals surface area contributed by atoms with Crippen molar-refractivity contribution in [3.05, 3.63) is 170 Å². The first kappa shape index (κ1) is 28.4. The standard InChI is InChI=1S/C43H28N6/c1-3-12-29(13-4-1)36-26-33(43-47-41(31-21-24-44-25-22-31)46-42(48-43)32-16-11-23-45-28-32)27-37(30-14-5-2-6-15-30)40(36)49-38-19-9-7-17-34(38)35-18-8-10-20-39(35)49/h1-28H. The van der Waals surface area contributed by atoms with Crippen LogP contribution in [0.2, 0.25) is 0 Å². The fourth-order valence-electron chi connectivity index (χ4n) is 6.60. The summed E-state index contributed by atoms with van der Waals surface area (Å²) in [6.07, 6.45) is 7.04. The summed E-state index contributed by atoms with van der Waals surface area (Å²) < 4.78 is 2.41. The number of nitrogens with zero attached hydrogens (tertiary/aromatic N) is 6. The molecule has 0 aliphatic heterocycles. The van der Waals surface area contributed by atoms with Gasteiger partial charge in [-0.3, -0.25) is 9.97 Å². The Hall–Kier alpha value is -6.79. The summed E-state index contributed by atoms with van der Waals surface area (Å²) in [5.41, 5.74) is 10.2. The van der Waals surface area contributed by atoms with E-state index in [1.54, 1.807) is 24.8 Å². The van der Waals surface area contributed by atoms with Crippen molar-refractivity contribution in [1.29, 1.82) is 0 Å². The van der Waals surface area contributed by atoms with Gasteiger partial charge >= 0.3 is 0 Å². The smallest absolute Gasteiger partial charge is 0.165 e. The summed E-state index contributed by atoms with van der Waals surface area (Å²) in [5, 5.41) is 2.42. The number of hydrogen-bond acceptors (Lipinski definition) is 5. The largest absolute Gasteiger partial charge is 0.308 e. The lowest BCUT2D eigenvalue weighted by Crippen LogP contribution is -2.04. The first-order valence-corrected chi connectivity index (χ1v) is 16.2. The molecule has 0 radical (unpaired) electrons. The molecule has 0 fully saturated rings. The minimum absolute atomic E-state index is 0.555. The van der Waals surface area contributed by atoms with Crippen LogP contribution in [0, 0.1) is 0 Å². The Labute approximate surface area is 283 Å². The van der Waals surface area contributed by atoms with E-state index >= 15 is 0 Å². The third kappa shape index (κ3) is 5.12. The maximum Gasteiger partial charge on any atom is 0.165 e. The van der Waals surface area contributed by atoms with Crippen LogP contribution in [0.3, 0.4) is 0 Å². The molecule has 0 saturated carbocycles. The number of pyridine rings is 2. The van der Waals surface area contributed by atoms with Crippen molar-refractivity contribution in [3.8, 4) is 62.1 Å². The van der Waals surface area contributed by atoms with Gasteiger partial charge in [-0.15, -0.1) is 0 Å². The van der Waals surface area contributed by atoms with Crippen LogP contribution in [0.25, 0.3) is 83.9 Å². The first-order valence-electron chi connectivity index (χ1n) is 16.2. The van der Waals surface area contributed by atoms with Gasteiger partial charge < -0.3 is 4.57 Å². The second-order valence-electron chi connectivity index (χ2n) is 11.8. The van der Waals surface area contributed by atoms with Crippen molar-refractivity contribution >= 4 is 21.8 Å². The summed E-state index contributed by atoms with van der Waals surface area (Å²) in [6.45, 7) is 0. The molecule has 5 aromatic carbocycles. The van der Waals surface area contributed by atoms with E-state index in [2.05, 4.69) is 136 Å². The molecule has 0 spiro atoms. The van der Waals surface area contributed by atoms with E-state index in [0.717, 1.165) is 55.7 Å². The van der Waals surface area contributed by atoms with E-state index in [1.807, 2.05) is 24.3 Å². The van der Waals surface area contributed by atoms with Gasteiger partial charge in [-0.25, -0.2) is 15.0 Å². The molecule has 0 aliphatic carbocycles. The van der Waals surface area contributed by atoms with Crippen molar-refractivity contribution in [3.63, 3.8) is 0 Å². The molecule has 0 atom stereocenters. The highest BCUT2D eigenvalue weighted by Gasteiger charge is 2.22. The van der Waals surface area contributed by atoms with Crippen LogP contribution in [0.5, 0.6) is 0 Å². The van der Waals surface area contributed by atoms with E-state index in [4.69, 9.17) is 15.0 Å². The van der Waals surface area contributed by atoms with E-state index in [-0.39, 0.29) is 0 Å². The van der Waals surface area contributed by atoms with E-state index in [0.29, 0.717) is 17.5 Å². The van der Waals surface area contributed by atoms with Gasteiger partial charge in [0.15, 0.2) is 17.5 Å². The fraction of sp³-hybridized carbons (Fsp3) is 0. The van der Waals surface area contributed by atoms with Crippen molar-refractivity contribution in [2.75, 3.05) is 0 Å². The summed E-state index contributed by atoms with van der Waals surface area (Å²) in [6, 6.07) is 50.6. The molecule has 49 heavy (non-hydrogen) atoms. The molecule has 6 nitrogen and oxygen atoms in total. The molecule has 230 valence electrons. The van der Waals surface area contributed by atoms with Crippen LogP contribution < -0.4 is 0 Å². The average molecular weight is 629 g/mol. The van der Waals surface area contributed by atoms with Crippen molar-refractivity contribution in [1.82, 2.24) is 29.5 Å². The van der Waals surface area contributed by atoms with Crippen LogP contribution in [0.15, 0.2) is 170 Å². The number of para-hydroxylation sites is 2. The van der Waals surface area contributed by atoms with E-state index < -0.39 is 0 Å². The summed E-state index contributed by atoms with van der Waals surface area (Å²) in [7, 11) is 0. The predicted octanol–water partition coefficient (Wildman–Crippen LogP) is 10.1. The van der Waals surface area contributed by atoms with Crippen LogP contribution in [0.1, 0.15) is 0 Å².